The minimum Gasteiger partial charge on any atom is -0.303 e. The van der Waals surface area contributed by atoms with Gasteiger partial charge in [0.05, 0.1) is 0 Å². The molecule has 1 saturated heterocycles. The van der Waals surface area contributed by atoms with Crippen LogP contribution in [0.15, 0.2) is 0 Å². The van der Waals surface area contributed by atoms with Crippen molar-refractivity contribution in [3.63, 3.8) is 0 Å². The minimum atomic E-state index is -0.0789. The van der Waals surface area contributed by atoms with Crippen molar-refractivity contribution in [3.8, 4) is 0 Å². The molecule has 2 unspecified atom stereocenters. The maximum absolute atomic E-state index is 11.4. The molecule has 2 atom stereocenters. The summed E-state index contributed by atoms with van der Waals surface area (Å²) in [7, 11) is 0. The molecule has 0 aromatic heterocycles. The monoisotopic (exact) mass is 237 g/mol. The number of hydrogen-bond acceptors (Lipinski definition) is 2. The number of hydrogen-bond donors (Lipinski definition) is 0. The molecule has 1 aliphatic heterocycles. The van der Waals surface area contributed by atoms with E-state index in [0.717, 1.165) is 31.3 Å². The summed E-state index contributed by atoms with van der Waals surface area (Å²) in [4.78, 5) is 14.1. The average molecular weight is 237 g/mol. The standard InChI is InChI=1S/C15H27NO/c1-3-15(4-2,12-17)11-16-10-6-8-13-7-5-9-14(13)16/h12-14H,3-11H2,1-2H3. The second-order valence-corrected chi connectivity index (χ2v) is 6.06. The first-order valence-electron chi connectivity index (χ1n) is 7.45. The molecule has 2 rings (SSSR count). The van der Waals surface area contributed by atoms with Crippen LogP contribution in [0.3, 0.4) is 0 Å². The Bertz CT molecular complexity index is 260. The molecule has 2 heteroatoms. The SMILES string of the molecule is CCC(C=O)(CC)CN1CCCC2CCCC21. The Labute approximate surface area is 106 Å². The molecule has 0 N–H and O–H groups in total. The molecule has 0 aromatic rings. The number of carbonyl (C=O) groups is 1. The average Bonchev–Trinajstić information content (AvgIpc) is 2.85. The van der Waals surface area contributed by atoms with E-state index in [9.17, 15) is 4.79 Å². The van der Waals surface area contributed by atoms with E-state index < -0.39 is 0 Å². The zero-order valence-corrected chi connectivity index (χ0v) is 11.5. The second kappa shape index (κ2) is 5.51. The van der Waals surface area contributed by atoms with Gasteiger partial charge in [-0.05, 0) is 51.0 Å². The summed E-state index contributed by atoms with van der Waals surface area (Å²) in [6.45, 7) is 6.55. The van der Waals surface area contributed by atoms with Crippen molar-refractivity contribution in [2.45, 2.75) is 64.8 Å². The van der Waals surface area contributed by atoms with Gasteiger partial charge in [0.1, 0.15) is 6.29 Å². The van der Waals surface area contributed by atoms with E-state index in [1.54, 1.807) is 0 Å². The second-order valence-electron chi connectivity index (χ2n) is 6.06. The van der Waals surface area contributed by atoms with Gasteiger partial charge in [-0.3, -0.25) is 4.90 Å². The van der Waals surface area contributed by atoms with Gasteiger partial charge in [-0.2, -0.15) is 0 Å². The highest BCUT2D eigenvalue weighted by Crippen LogP contribution is 2.38. The lowest BCUT2D eigenvalue weighted by atomic mass is 9.81. The first kappa shape index (κ1) is 13.1. The van der Waals surface area contributed by atoms with Crippen LogP contribution in [0.1, 0.15) is 58.8 Å². The molecular weight excluding hydrogens is 210 g/mol. The van der Waals surface area contributed by atoms with Crippen LogP contribution in [-0.4, -0.2) is 30.3 Å². The molecule has 2 nitrogen and oxygen atoms in total. The molecule has 1 aliphatic carbocycles. The van der Waals surface area contributed by atoms with E-state index in [1.165, 1.54) is 44.9 Å². The van der Waals surface area contributed by atoms with Crippen LogP contribution in [0.5, 0.6) is 0 Å². The van der Waals surface area contributed by atoms with Crippen LogP contribution in [0.2, 0.25) is 0 Å². The van der Waals surface area contributed by atoms with Crippen molar-refractivity contribution in [3.05, 3.63) is 0 Å². The molecule has 1 saturated carbocycles. The molecular formula is C15H27NO. The lowest BCUT2D eigenvalue weighted by Gasteiger charge is -2.42. The third kappa shape index (κ3) is 2.57. The minimum absolute atomic E-state index is 0.0789. The zero-order chi connectivity index (χ0) is 12.3. The largest absolute Gasteiger partial charge is 0.303 e. The van der Waals surface area contributed by atoms with Crippen molar-refractivity contribution in [1.29, 1.82) is 0 Å². The van der Waals surface area contributed by atoms with Crippen LogP contribution in [0.25, 0.3) is 0 Å². The lowest BCUT2D eigenvalue weighted by Crippen LogP contribution is -2.48. The zero-order valence-electron chi connectivity index (χ0n) is 11.5. The van der Waals surface area contributed by atoms with E-state index >= 15 is 0 Å². The van der Waals surface area contributed by atoms with Crippen molar-refractivity contribution in [2.75, 3.05) is 13.1 Å². The third-order valence-corrected chi connectivity index (χ3v) is 5.28. The number of nitrogens with zero attached hydrogens (tertiary/aromatic N) is 1. The number of fused-ring (bicyclic) bond motifs is 1. The number of piperidine rings is 1. The fraction of sp³-hybridized carbons (Fsp3) is 0.933. The molecule has 0 spiro atoms. The van der Waals surface area contributed by atoms with Crippen LogP contribution in [0, 0.1) is 11.3 Å². The summed E-state index contributed by atoms with van der Waals surface area (Å²) in [6.07, 6.45) is 10.2. The first-order chi connectivity index (χ1) is 8.24. The van der Waals surface area contributed by atoms with Gasteiger partial charge in [0.25, 0.3) is 0 Å². The fourth-order valence-corrected chi connectivity index (χ4v) is 3.84. The summed E-state index contributed by atoms with van der Waals surface area (Å²) in [5.74, 6) is 0.932. The molecule has 1 heterocycles. The van der Waals surface area contributed by atoms with Gasteiger partial charge in [-0.25, -0.2) is 0 Å². The van der Waals surface area contributed by atoms with Crippen molar-refractivity contribution in [1.82, 2.24) is 4.90 Å². The van der Waals surface area contributed by atoms with E-state index in [2.05, 4.69) is 18.7 Å². The predicted molar refractivity (Wildman–Crippen MR) is 71.0 cm³/mol. The number of aldehydes is 1. The smallest absolute Gasteiger partial charge is 0.127 e. The van der Waals surface area contributed by atoms with Gasteiger partial charge in [-0.15, -0.1) is 0 Å². The quantitative estimate of drug-likeness (QED) is 0.684. The van der Waals surface area contributed by atoms with E-state index in [1.807, 2.05) is 0 Å². The molecule has 98 valence electrons. The summed E-state index contributed by atoms with van der Waals surface area (Å²) >= 11 is 0. The molecule has 0 radical (unpaired) electrons. The maximum Gasteiger partial charge on any atom is 0.127 e. The highest BCUT2D eigenvalue weighted by Gasteiger charge is 2.38. The third-order valence-electron chi connectivity index (χ3n) is 5.28. The Morgan fingerprint density at radius 3 is 2.53 bits per heavy atom. The Hall–Kier alpha value is -0.370. The maximum atomic E-state index is 11.4. The van der Waals surface area contributed by atoms with E-state index in [0.29, 0.717) is 0 Å². The normalized spacial score (nSPS) is 30.2. The molecule has 2 aliphatic rings. The van der Waals surface area contributed by atoms with Gasteiger partial charge >= 0.3 is 0 Å². The van der Waals surface area contributed by atoms with Gasteiger partial charge in [-0.1, -0.05) is 20.3 Å². The highest BCUT2D eigenvalue weighted by molar-refractivity contribution is 5.59. The molecule has 0 amide bonds. The van der Waals surface area contributed by atoms with Gasteiger partial charge in [0.15, 0.2) is 0 Å². The lowest BCUT2D eigenvalue weighted by molar-refractivity contribution is -0.118. The Kier molecular flexibility index (Phi) is 4.24. The summed E-state index contributed by atoms with van der Waals surface area (Å²) in [6, 6.07) is 0.793. The Morgan fingerprint density at radius 1 is 1.18 bits per heavy atom. The van der Waals surface area contributed by atoms with Gasteiger partial charge in [0.2, 0.25) is 0 Å². The molecule has 0 aromatic carbocycles. The summed E-state index contributed by atoms with van der Waals surface area (Å²) in [5, 5.41) is 0. The fourth-order valence-electron chi connectivity index (χ4n) is 3.84. The van der Waals surface area contributed by atoms with Crippen molar-refractivity contribution < 1.29 is 4.79 Å². The summed E-state index contributed by atoms with van der Waals surface area (Å²) in [5.41, 5.74) is -0.0789. The van der Waals surface area contributed by atoms with E-state index in [4.69, 9.17) is 0 Å². The van der Waals surface area contributed by atoms with Crippen LogP contribution < -0.4 is 0 Å². The Morgan fingerprint density at radius 2 is 1.88 bits per heavy atom. The Balaban J connectivity index is 2.03. The highest BCUT2D eigenvalue weighted by atomic mass is 16.1. The predicted octanol–water partition coefficient (Wildman–Crippen LogP) is 3.26. The summed E-state index contributed by atoms with van der Waals surface area (Å²) < 4.78 is 0. The van der Waals surface area contributed by atoms with Crippen molar-refractivity contribution >= 4 is 6.29 Å². The van der Waals surface area contributed by atoms with Crippen molar-refractivity contribution in [2.24, 2.45) is 11.3 Å². The number of rotatable bonds is 5. The van der Waals surface area contributed by atoms with Crippen LogP contribution >= 0.6 is 0 Å². The van der Waals surface area contributed by atoms with Gasteiger partial charge in [0, 0.05) is 18.0 Å². The topological polar surface area (TPSA) is 20.3 Å². The first-order valence-corrected chi connectivity index (χ1v) is 7.45. The molecule has 2 fully saturated rings. The number of carbonyl (C=O) groups excluding carboxylic acids is 1. The van der Waals surface area contributed by atoms with Gasteiger partial charge < -0.3 is 4.79 Å². The van der Waals surface area contributed by atoms with Crippen LogP contribution in [0.4, 0.5) is 0 Å². The van der Waals surface area contributed by atoms with Crippen LogP contribution in [-0.2, 0) is 4.79 Å². The number of likely N-dealkylation sites (tertiary alicyclic amines) is 1. The molecule has 17 heavy (non-hydrogen) atoms. The molecule has 0 bridgehead atoms. The van der Waals surface area contributed by atoms with E-state index in [-0.39, 0.29) is 5.41 Å².